The van der Waals surface area contributed by atoms with Gasteiger partial charge in [0, 0.05) is 10.5 Å². The lowest BCUT2D eigenvalue weighted by molar-refractivity contribution is 0.0942. The van der Waals surface area contributed by atoms with Gasteiger partial charge in [0.05, 0.1) is 23.4 Å². The summed E-state index contributed by atoms with van der Waals surface area (Å²) < 4.78 is 6.61. The first kappa shape index (κ1) is 16.3. The van der Waals surface area contributed by atoms with Crippen molar-refractivity contribution in [3.63, 3.8) is 0 Å². The van der Waals surface area contributed by atoms with Crippen molar-refractivity contribution < 1.29 is 9.53 Å². The first-order valence-electron chi connectivity index (χ1n) is 7.58. The van der Waals surface area contributed by atoms with Gasteiger partial charge in [0.2, 0.25) is 0 Å². The highest BCUT2D eigenvalue weighted by atomic mass is 32.2. The Kier molecular flexibility index (Phi) is 4.71. The third-order valence-electron chi connectivity index (χ3n) is 3.72. The van der Waals surface area contributed by atoms with Crippen LogP contribution in [0.15, 0.2) is 64.4 Å². The summed E-state index contributed by atoms with van der Waals surface area (Å²) in [5.74, 6) is 0.582. The highest BCUT2D eigenvalue weighted by Crippen LogP contribution is 2.32. The molecular weight excluding hydrogens is 320 g/mol. The molecule has 0 amide bonds. The minimum Gasteiger partial charge on any atom is -0.497 e. The van der Waals surface area contributed by atoms with Crippen LogP contribution in [0.2, 0.25) is 0 Å². The number of aromatic nitrogens is 2. The van der Waals surface area contributed by atoms with Gasteiger partial charge in [-0.3, -0.25) is 4.79 Å². The van der Waals surface area contributed by atoms with E-state index < -0.39 is 0 Å². The summed E-state index contributed by atoms with van der Waals surface area (Å²) in [7, 11) is 1.60. The summed E-state index contributed by atoms with van der Waals surface area (Å²) in [6, 6.07) is 17.1. The molecule has 0 bridgehead atoms. The molecule has 5 heteroatoms. The molecule has 2 aromatic carbocycles. The number of methoxy groups -OCH3 is 1. The number of carbonyl (C=O) groups excluding carboxylic acids is 1. The first-order valence-corrected chi connectivity index (χ1v) is 8.39. The van der Waals surface area contributed by atoms with E-state index in [9.17, 15) is 4.79 Å². The van der Waals surface area contributed by atoms with E-state index in [1.807, 2.05) is 44.2 Å². The van der Waals surface area contributed by atoms with Crippen LogP contribution in [0.5, 0.6) is 5.75 Å². The highest BCUT2D eigenvalue weighted by Gasteiger charge is 2.18. The van der Waals surface area contributed by atoms with E-state index in [4.69, 9.17) is 4.74 Å². The minimum absolute atomic E-state index is 0.141. The molecule has 4 nitrogen and oxygen atoms in total. The molecule has 0 saturated carbocycles. The van der Waals surface area contributed by atoms with Crippen LogP contribution in [0.4, 0.5) is 0 Å². The molecule has 0 aliphatic heterocycles. The van der Waals surface area contributed by atoms with Gasteiger partial charge in [-0.25, -0.2) is 0 Å². The average molecular weight is 338 g/mol. The van der Waals surface area contributed by atoms with Crippen molar-refractivity contribution >= 4 is 17.7 Å². The van der Waals surface area contributed by atoms with Crippen LogP contribution in [-0.4, -0.2) is 22.8 Å². The molecule has 1 aromatic heterocycles. The number of carbonyl (C=O) groups is 1. The minimum atomic E-state index is -0.141. The predicted molar refractivity (Wildman–Crippen MR) is 95.0 cm³/mol. The quantitative estimate of drug-likeness (QED) is 0.709. The molecule has 0 unspecified atom stereocenters. The molecule has 0 aliphatic carbocycles. The number of hydrogen-bond donors (Lipinski definition) is 0. The third-order valence-corrected chi connectivity index (χ3v) is 5.02. The van der Waals surface area contributed by atoms with Crippen molar-refractivity contribution in [2.24, 2.45) is 0 Å². The zero-order chi connectivity index (χ0) is 17.1. The van der Waals surface area contributed by atoms with Gasteiger partial charge < -0.3 is 4.74 Å². The summed E-state index contributed by atoms with van der Waals surface area (Å²) in [5, 5.41) is 4.44. The van der Waals surface area contributed by atoms with Crippen molar-refractivity contribution in [3.05, 3.63) is 71.5 Å². The molecule has 0 saturated heterocycles. The molecule has 1 heterocycles. The number of nitrogens with zero attached hydrogens (tertiary/aromatic N) is 2. The van der Waals surface area contributed by atoms with Gasteiger partial charge in [0.1, 0.15) is 5.75 Å². The molecule has 24 heavy (non-hydrogen) atoms. The molecule has 0 fully saturated rings. The lowest BCUT2D eigenvalue weighted by Crippen LogP contribution is -2.15. The monoisotopic (exact) mass is 338 g/mol. The molecule has 122 valence electrons. The third kappa shape index (κ3) is 3.21. The van der Waals surface area contributed by atoms with Gasteiger partial charge in [0.15, 0.2) is 0 Å². The second kappa shape index (κ2) is 6.93. The van der Waals surface area contributed by atoms with Gasteiger partial charge in [-0.1, -0.05) is 30.0 Å². The molecule has 0 spiro atoms. The second-order valence-electron chi connectivity index (χ2n) is 5.36. The molecule has 0 aliphatic rings. The number of hydrogen-bond acceptors (Lipinski definition) is 4. The summed E-state index contributed by atoms with van der Waals surface area (Å²) >= 11 is 1.62. The SMILES string of the molecule is COc1ccc(C(=O)n2nc(C)c(Sc3ccccc3)c2C)cc1. The highest BCUT2D eigenvalue weighted by molar-refractivity contribution is 7.99. The van der Waals surface area contributed by atoms with Crippen LogP contribution < -0.4 is 4.74 Å². The number of rotatable bonds is 4. The number of aryl methyl sites for hydroxylation is 1. The molecule has 0 radical (unpaired) electrons. The second-order valence-corrected chi connectivity index (χ2v) is 6.44. The Morgan fingerprint density at radius 1 is 1.04 bits per heavy atom. The van der Waals surface area contributed by atoms with Crippen molar-refractivity contribution in [1.82, 2.24) is 9.78 Å². The summed E-state index contributed by atoms with van der Waals surface area (Å²) in [4.78, 5) is 14.9. The Hall–Kier alpha value is -2.53. The van der Waals surface area contributed by atoms with Gasteiger partial charge in [0.25, 0.3) is 5.91 Å². The topological polar surface area (TPSA) is 44.1 Å². The van der Waals surface area contributed by atoms with Crippen LogP contribution in [0.1, 0.15) is 21.7 Å². The summed E-state index contributed by atoms with van der Waals surface area (Å²) in [5.41, 5.74) is 2.28. The van der Waals surface area contributed by atoms with Crippen molar-refractivity contribution in [1.29, 1.82) is 0 Å². The fourth-order valence-corrected chi connectivity index (χ4v) is 3.39. The van der Waals surface area contributed by atoms with Gasteiger partial charge >= 0.3 is 0 Å². The van der Waals surface area contributed by atoms with Gasteiger partial charge in [-0.15, -0.1) is 0 Å². The normalized spacial score (nSPS) is 10.6. The summed E-state index contributed by atoms with van der Waals surface area (Å²) in [6.45, 7) is 3.85. The van der Waals surface area contributed by atoms with E-state index in [1.165, 1.54) is 4.68 Å². The zero-order valence-corrected chi connectivity index (χ0v) is 14.6. The van der Waals surface area contributed by atoms with Crippen molar-refractivity contribution in [3.8, 4) is 5.75 Å². The van der Waals surface area contributed by atoms with E-state index in [0.29, 0.717) is 5.56 Å². The van der Waals surface area contributed by atoms with Gasteiger partial charge in [-0.05, 0) is 50.2 Å². The Labute approximate surface area is 145 Å². The van der Waals surface area contributed by atoms with E-state index in [0.717, 1.165) is 26.9 Å². The Balaban J connectivity index is 1.91. The molecule has 0 atom stereocenters. The maximum atomic E-state index is 12.7. The smallest absolute Gasteiger partial charge is 0.278 e. The summed E-state index contributed by atoms with van der Waals surface area (Å²) in [6.07, 6.45) is 0. The van der Waals surface area contributed by atoms with Crippen LogP contribution >= 0.6 is 11.8 Å². The standard InChI is InChI=1S/C19H18N2O2S/c1-13-18(24-17-7-5-4-6-8-17)14(2)21(20-13)19(22)15-9-11-16(23-3)12-10-15/h4-12H,1-3H3. The molecular formula is C19H18N2O2S. The fraction of sp³-hybridized carbons (Fsp3) is 0.158. The van der Waals surface area contributed by atoms with E-state index in [2.05, 4.69) is 5.10 Å². The van der Waals surface area contributed by atoms with E-state index in [-0.39, 0.29) is 5.91 Å². The molecule has 3 aromatic rings. The lowest BCUT2D eigenvalue weighted by Gasteiger charge is -2.05. The predicted octanol–water partition coefficient (Wildman–Crippen LogP) is 4.35. The van der Waals surface area contributed by atoms with E-state index in [1.54, 1.807) is 43.1 Å². The Morgan fingerprint density at radius 3 is 2.33 bits per heavy atom. The largest absolute Gasteiger partial charge is 0.497 e. The van der Waals surface area contributed by atoms with Crippen LogP contribution in [0.25, 0.3) is 0 Å². The maximum Gasteiger partial charge on any atom is 0.278 e. The van der Waals surface area contributed by atoms with Crippen molar-refractivity contribution in [2.45, 2.75) is 23.6 Å². The lowest BCUT2D eigenvalue weighted by atomic mass is 10.2. The van der Waals surface area contributed by atoms with Crippen LogP contribution in [0.3, 0.4) is 0 Å². The maximum absolute atomic E-state index is 12.7. The molecule has 3 rings (SSSR count). The van der Waals surface area contributed by atoms with Crippen molar-refractivity contribution in [2.75, 3.05) is 7.11 Å². The van der Waals surface area contributed by atoms with Gasteiger partial charge in [-0.2, -0.15) is 9.78 Å². The average Bonchev–Trinajstić information content (AvgIpc) is 2.90. The Morgan fingerprint density at radius 2 is 1.71 bits per heavy atom. The van der Waals surface area contributed by atoms with Crippen LogP contribution in [-0.2, 0) is 0 Å². The number of ether oxygens (including phenoxy) is 1. The fourth-order valence-electron chi connectivity index (χ4n) is 2.44. The Bertz CT molecular complexity index is 855. The zero-order valence-electron chi connectivity index (χ0n) is 13.8. The first-order chi connectivity index (χ1) is 11.6. The number of benzene rings is 2. The van der Waals surface area contributed by atoms with Crippen LogP contribution in [0, 0.1) is 13.8 Å². The van der Waals surface area contributed by atoms with E-state index >= 15 is 0 Å². The molecule has 0 N–H and O–H groups in total.